The minimum atomic E-state index is -0.793. The molecule has 2 aliphatic heterocycles. The largest absolute Gasteiger partial charge is 0.489 e. The molecular weight excluding hydrogens is 464 g/mol. The quantitative estimate of drug-likeness (QED) is 0.341. The van der Waals surface area contributed by atoms with Gasteiger partial charge in [-0.1, -0.05) is 61.7 Å². The van der Waals surface area contributed by atoms with Crippen LogP contribution in [0.4, 0.5) is 0 Å². The average molecular weight is 509 g/mol. The van der Waals surface area contributed by atoms with Crippen LogP contribution in [0.3, 0.4) is 0 Å². The number of benzene rings is 2. The van der Waals surface area contributed by atoms with Gasteiger partial charge in [0.15, 0.2) is 0 Å². The molecule has 1 amide bonds. The van der Waals surface area contributed by atoms with E-state index in [0.717, 1.165) is 61.9 Å². The number of nitrogens with one attached hydrogen (secondary N) is 1. The highest BCUT2D eigenvalue weighted by Crippen LogP contribution is 2.25. The van der Waals surface area contributed by atoms with E-state index < -0.39 is 6.10 Å². The molecular formula is C31H44N2O4. The smallest absolute Gasteiger partial charge is 0.220 e. The van der Waals surface area contributed by atoms with Gasteiger partial charge in [0.05, 0.1) is 6.04 Å². The molecule has 0 bridgehead atoms. The molecule has 202 valence electrons. The Labute approximate surface area is 222 Å². The number of amides is 1. The fourth-order valence-electron chi connectivity index (χ4n) is 5.44. The van der Waals surface area contributed by atoms with Crippen molar-refractivity contribution in [3.63, 3.8) is 0 Å². The summed E-state index contributed by atoms with van der Waals surface area (Å²) in [6.07, 6.45) is 8.80. The number of hydrogen-bond acceptors (Lipinski definition) is 5. The highest BCUT2D eigenvalue weighted by Gasteiger charge is 2.27. The Balaban J connectivity index is 1.28. The zero-order valence-corrected chi connectivity index (χ0v) is 22.2. The number of carbonyl (C=O) groups excluding carboxylic acids is 1. The maximum atomic E-state index is 12.9. The minimum absolute atomic E-state index is 0.0331. The van der Waals surface area contributed by atoms with Gasteiger partial charge in [-0.05, 0) is 74.4 Å². The molecule has 0 radical (unpaired) electrons. The molecule has 6 heteroatoms. The zero-order chi connectivity index (χ0) is 25.7. The van der Waals surface area contributed by atoms with Crippen molar-refractivity contribution in [2.75, 3.05) is 32.8 Å². The van der Waals surface area contributed by atoms with Gasteiger partial charge >= 0.3 is 0 Å². The van der Waals surface area contributed by atoms with Crippen molar-refractivity contribution in [3.05, 3.63) is 65.7 Å². The molecule has 0 spiro atoms. The summed E-state index contributed by atoms with van der Waals surface area (Å²) >= 11 is 0. The fourth-order valence-corrected chi connectivity index (χ4v) is 5.44. The molecule has 2 aromatic rings. The van der Waals surface area contributed by atoms with E-state index >= 15 is 0 Å². The molecule has 2 aliphatic rings. The second-order valence-corrected chi connectivity index (χ2v) is 10.6. The molecule has 37 heavy (non-hydrogen) atoms. The Morgan fingerprint density at radius 2 is 1.81 bits per heavy atom. The van der Waals surface area contributed by atoms with E-state index in [2.05, 4.69) is 10.2 Å². The molecule has 2 atom stereocenters. The third-order valence-electron chi connectivity index (χ3n) is 7.69. The first-order valence-electron chi connectivity index (χ1n) is 14.2. The van der Waals surface area contributed by atoms with E-state index in [-0.39, 0.29) is 11.9 Å². The van der Waals surface area contributed by atoms with Crippen LogP contribution in [0, 0.1) is 5.92 Å². The third kappa shape index (κ3) is 9.44. The second-order valence-electron chi connectivity index (χ2n) is 10.6. The first-order valence-corrected chi connectivity index (χ1v) is 14.2. The first-order chi connectivity index (χ1) is 18.2. The van der Waals surface area contributed by atoms with Gasteiger partial charge in [0.25, 0.3) is 0 Å². The van der Waals surface area contributed by atoms with Crippen LogP contribution in [-0.4, -0.2) is 54.8 Å². The van der Waals surface area contributed by atoms with Gasteiger partial charge < -0.3 is 24.8 Å². The van der Waals surface area contributed by atoms with E-state index in [9.17, 15) is 9.90 Å². The normalized spacial score (nSPS) is 18.4. The summed E-state index contributed by atoms with van der Waals surface area (Å²) in [6.45, 7) is 4.97. The minimum Gasteiger partial charge on any atom is -0.489 e. The van der Waals surface area contributed by atoms with E-state index in [4.69, 9.17) is 9.47 Å². The van der Waals surface area contributed by atoms with Gasteiger partial charge in [-0.2, -0.15) is 0 Å². The van der Waals surface area contributed by atoms with Crippen molar-refractivity contribution in [1.29, 1.82) is 0 Å². The van der Waals surface area contributed by atoms with Crippen LogP contribution in [-0.2, 0) is 16.1 Å². The molecule has 4 rings (SSSR count). The van der Waals surface area contributed by atoms with Crippen LogP contribution < -0.4 is 10.1 Å². The molecule has 2 aromatic carbocycles. The van der Waals surface area contributed by atoms with Crippen molar-refractivity contribution in [2.24, 2.45) is 5.92 Å². The van der Waals surface area contributed by atoms with Crippen molar-refractivity contribution in [2.45, 2.75) is 76.5 Å². The Bertz CT molecular complexity index is 926. The molecule has 1 unspecified atom stereocenters. The molecule has 2 saturated heterocycles. The lowest BCUT2D eigenvalue weighted by atomic mass is 9.93. The van der Waals surface area contributed by atoms with E-state index in [1.165, 1.54) is 38.5 Å². The summed E-state index contributed by atoms with van der Waals surface area (Å²) in [4.78, 5) is 15.2. The molecule has 0 saturated carbocycles. The summed E-state index contributed by atoms with van der Waals surface area (Å²) in [5.74, 6) is 1.54. The summed E-state index contributed by atoms with van der Waals surface area (Å²) in [5, 5.41) is 14.5. The lowest BCUT2D eigenvalue weighted by Crippen LogP contribution is -2.46. The number of rotatable bonds is 14. The van der Waals surface area contributed by atoms with E-state index in [1.54, 1.807) is 0 Å². The molecule has 2 fully saturated rings. The van der Waals surface area contributed by atoms with Gasteiger partial charge in [-0.25, -0.2) is 0 Å². The number of likely N-dealkylation sites (tertiary alicyclic amines) is 1. The van der Waals surface area contributed by atoms with Crippen molar-refractivity contribution >= 4 is 5.91 Å². The monoisotopic (exact) mass is 508 g/mol. The van der Waals surface area contributed by atoms with E-state index in [1.807, 2.05) is 54.6 Å². The van der Waals surface area contributed by atoms with Crippen molar-refractivity contribution < 1.29 is 19.4 Å². The molecule has 2 heterocycles. The Hall–Kier alpha value is -2.41. The predicted molar refractivity (Wildman–Crippen MR) is 146 cm³/mol. The van der Waals surface area contributed by atoms with Gasteiger partial charge in [-0.3, -0.25) is 4.79 Å². The SMILES string of the molecule is O=C(CCCCCC1CCOCC1)N[C@H](CN1CCCC1)C(O)c1cccc(OCc2ccccc2)c1. The Morgan fingerprint density at radius 1 is 1.03 bits per heavy atom. The van der Waals surface area contributed by atoms with Crippen molar-refractivity contribution in [1.82, 2.24) is 10.2 Å². The van der Waals surface area contributed by atoms with Crippen molar-refractivity contribution in [3.8, 4) is 5.75 Å². The highest BCUT2D eigenvalue weighted by atomic mass is 16.5. The number of aliphatic hydroxyl groups excluding tert-OH is 1. The fraction of sp³-hybridized carbons (Fsp3) is 0.581. The number of hydrogen-bond donors (Lipinski definition) is 2. The summed E-state index contributed by atoms with van der Waals surface area (Å²) < 4.78 is 11.4. The topological polar surface area (TPSA) is 71.0 Å². The van der Waals surface area contributed by atoms with Crippen LogP contribution in [0.1, 0.15) is 75.0 Å². The lowest BCUT2D eigenvalue weighted by molar-refractivity contribution is -0.123. The zero-order valence-electron chi connectivity index (χ0n) is 22.2. The maximum Gasteiger partial charge on any atom is 0.220 e. The molecule has 2 N–H and O–H groups in total. The van der Waals surface area contributed by atoms with Gasteiger partial charge in [0.1, 0.15) is 18.5 Å². The van der Waals surface area contributed by atoms with Crippen LogP contribution in [0.15, 0.2) is 54.6 Å². The molecule has 0 aromatic heterocycles. The first kappa shape index (κ1) is 27.6. The molecule has 6 nitrogen and oxygen atoms in total. The highest BCUT2D eigenvalue weighted by molar-refractivity contribution is 5.76. The number of ether oxygens (including phenoxy) is 2. The van der Waals surface area contributed by atoms with Crippen LogP contribution >= 0.6 is 0 Å². The third-order valence-corrected chi connectivity index (χ3v) is 7.69. The lowest BCUT2D eigenvalue weighted by Gasteiger charge is -2.29. The summed E-state index contributed by atoms with van der Waals surface area (Å²) in [5.41, 5.74) is 1.87. The summed E-state index contributed by atoms with van der Waals surface area (Å²) in [7, 11) is 0. The Morgan fingerprint density at radius 3 is 2.59 bits per heavy atom. The number of aliphatic hydroxyl groups is 1. The number of nitrogens with zero attached hydrogens (tertiary/aromatic N) is 1. The standard InChI is InChI=1S/C31H44N2O4/c34-30(15-6-2-3-10-25-16-20-36-21-17-25)32-29(23-33-18-7-8-19-33)31(35)27-13-9-14-28(22-27)37-24-26-11-4-1-5-12-26/h1,4-5,9,11-14,22,25,29,31,35H,2-3,6-8,10,15-21,23-24H2,(H,32,34)/t29-,31?/m1/s1. The second kappa shape index (κ2) is 15.1. The van der Waals surface area contributed by atoms with E-state index in [0.29, 0.717) is 19.6 Å². The Kier molecular flexibility index (Phi) is 11.3. The number of unbranched alkanes of at least 4 members (excludes halogenated alkanes) is 2. The van der Waals surface area contributed by atoms with Crippen LogP contribution in [0.5, 0.6) is 5.75 Å². The molecule has 0 aliphatic carbocycles. The van der Waals surface area contributed by atoms with Crippen LogP contribution in [0.25, 0.3) is 0 Å². The number of carbonyl (C=O) groups is 1. The summed E-state index contributed by atoms with van der Waals surface area (Å²) in [6, 6.07) is 17.3. The predicted octanol–water partition coefficient (Wildman–Crippen LogP) is 5.26. The van der Waals surface area contributed by atoms with Crippen LogP contribution in [0.2, 0.25) is 0 Å². The van der Waals surface area contributed by atoms with Gasteiger partial charge in [0, 0.05) is 26.2 Å². The van der Waals surface area contributed by atoms with Gasteiger partial charge in [-0.15, -0.1) is 0 Å². The average Bonchev–Trinajstić information content (AvgIpc) is 3.45. The van der Waals surface area contributed by atoms with Gasteiger partial charge in [0.2, 0.25) is 5.91 Å². The maximum absolute atomic E-state index is 12.9.